The molecular formula is C73H128O6. The highest BCUT2D eigenvalue weighted by Crippen LogP contribution is 2.17. The zero-order chi connectivity index (χ0) is 57.1. The van der Waals surface area contributed by atoms with Crippen LogP contribution < -0.4 is 0 Å². The van der Waals surface area contributed by atoms with Crippen molar-refractivity contribution < 1.29 is 28.6 Å². The molecule has 0 heterocycles. The average Bonchev–Trinajstić information content (AvgIpc) is 3.45. The van der Waals surface area contributed by atoms with Crippen molar-refractivity contribution in [2.24, 2.45) is 0 Å². The van der Waals surface area contributed by atoms with Crippen LogP contribution in [0.15, 0.2) is 85.1 Å². The van der Waals surface area contributed by atoms with Gasteiger partial charge in [0, 0.05) is 19.3 Å². The van der Waals surface area contributed by atoms with Crippen molar-refractivity contribution >= 4 is 17.9 Å². The van der Waals surface area contributed by atoms with Crippen molar-refractivity contribution in [1.82, 2.24) is 0 Å². The topological polar surface area (TPSA) is 78.9 Å². The van der Waals surface area contributed by atoms with Gasteiger partial charge >= 0.3 is 17.9 Å². The fourth-order valence-corrected chi connectivity index (χ4v) is 9.76. The van der Waals surface area contributed by atoms with Gasteiger partial charge in [0.2, 0.25) is 0 Å². The molecule has 6 heteroatoms. The van der Waals surface area contributed by atoms with Crippen LogP contribution in [0, 0.1) is 0 Å². The Kier molecular flexibility index (Phi) is 64.2. The van der Waals surface area contributed by atoms with Crippen LogP contribution in [0.4, 0.5) is 0 Å². The van der Waals surface area contributed by atoms with Crippen LogP contribution in [0.3, 0.4) is 0 Å². The molecule has 0 aliphatic heterocycles. The lowest BCUT2D eigenvalue weighted by Gasteiger charge is -2.18. The highest BCUT2D eigenvalue weighted by molar-refractivity contribution is 5.71. The molecule has 456 valence electrons. The molecule has 79 heavy (non-hydrogen) atoms. The van der Waals surface area contributed by atoms with E-state index in [4.69, 9.17) is 14.2 Å². The van der Waals surface area contributed by atoms with E-state index in [2.05, 4.69) is 106 Å². The number of carbonyl (C=O) groups excluding carboxylic acids is 3. The minimum absolute atomic E-state index is 0.0895. The van der Waals surface area contributed by atoms with Crippen molar-refractivity contribution in [2.45, 2.75) is 348 Å². The Labute approximate surface area is 490 Å². The van der Waals surface area contributed by atoms with E-state index in [1.807, 2.05) is 0 Å². The molecule has 1 unspecified atom stereocenters. The highest BCUT2D eigenvalue weighted by atomic mass is 16.6. The Morgan fingerprint density at radius 3 is 0.823 bits per heavy atom. The van der Waals surface area contributed by atoms with E-state index in [1.54, 1.807) is 0 Å². The molecule has 0 aliphatic carbocycles. The quantitative estimate of drug-likeness (QED) is 0.0261. The molecule has 0 rings (SSSR count). The van der Waals surface area contributed by atoms with Gasteiger partial charge in [0.05, 0.1) is 0 Å². The van der Waals surface area contributed by atoms with Crippen molar-refractivity contribution in [3.05, 3.63) is 85.1 Å². The molecule has 0 bridgehead atoms. The summed E-state index contributed by atoms with van der Waals surface area (Å²) in [6.45, 7) is 6.50. The van der Waals surface area contributed by atoms with Crippen LogP contribution in [0.1, 0.15) is 342 Å². The molecule has 0 fully saturated rings. The van der Waals surface area contributed by atoms with E-state index in [0.29, 0.717) is 19.3 Å². The molecule has 0 N–H and O–H groups in total. The molecular weight excluding hydrogens is 973 g/mol. The third kappa shape index (κ3) is 65.3. The van der Waals surface area contributed by atoms with Gasteiger partial charge in [0.1, 0.15) is 13.2 Å². The lowest BCUT2D eigenvalue weighted by molar-refractivity contribution is -0.167. The Morgan fingerprint density at radius 1 is 0.266 bits per heavy atom. The minimum atomic E-state index is -0.797. The zero-order valence-corrected chi connectivity index (χ0v) is 52.4. The molecule has 0 aliphatic rings. The lowest BCUT2D eigenvalue weighted by Crippen LogP contribution is -2.30. The second kappa shape index (κ2) is 67.1. The van der Waals surface area contributed by atoms with Gasteiger partial charge in [-0.3, -0.25) is 14.4 Å². The second-order valence-electron chi connectivity index (χ2n) is 22.7. The summed E-state index contributed by atoms with van der Waals surface area (Å²) in [7, 11) is 0. The number of hydrogen-bond acceptors (Lipinski definition) is 6. The van der Waals surface area contributed by atoms with Gasteiger partial charge in [-0.25, -0.2) is 0 Å². The molecule has 0 saturated carbocycles. The average molecular weight is 1100 g/mol. The van der Waals surface area contributed by atoms with Crippen LogP contribution >= 0.6 is 0 Å². The van der Waals surface area contributed by atoms with E-state index in [0.717, 1.165) is 109 Å². The van der Waals surface area contributed by atoms with E-state index in [9.17, 15) is 14.4 Å². The maximum atomic E-state index is 12.9. The number of ether oxygens (including phenoxy) is 3. The summed E-state index contributed by atoms with van der Waals surface area (Å²) in [6, 6.07) is 0. The zero-order valence-electron chi connectivity index (χ0n) is 52.4. The van der Waals surface area contributed by atoms with Gasteiger partial charge in [0.15, 0.2) is 6.10 Å². The maximum absolute atomic E-state index is 12.9. The summed E-state index contributed by atoms with van der Waals surface area (Å²) in [6.07, 6.45) is 89.0. The summed E-state index contributed by atoms with van der Waals surface area (Å²) < 4.78 is 16.9. The molecule has 0 aromatic carbocycles. The predicted octanol–water partition coefficient (Wildman–Crippen LogP) is 23.4. The van der Waals surface area contributed by atoms with E-state index in [-0.39, 0.29) is 31.1 Å². The molecule has 0 aromatic heterocycles. The summed E-state index contributed by atoms with van der Waals surface area (Å²) >= 11 is 0. The number of esters is 3. The smallest absolute Gasteiger partial charge is 0.306 e. The van der Waals surface area contributed by atoms with Crippen LogP contribution in [-0.2, 0) is 28.6 Å². The fourth-order valence-electron chi connectivity index (χ4n) is 9.76. The number of rotatable bonds is 62. The number of unbranched alkanes of at least 4 members (excludes halogenated alkanes) is 37. The van der Waals surface area contributed by atoms with Gasteiger partial charge in [-0.05, 0) is 116 Å². The summed E-state index contributed by atoms with van der Waals surface area (Å²) in [5.74, 6) is -0.919. The lowest BCUT2D eigenvalue weighted by atomic mass is 10.0. The van der Waals surface area contributed by atoms with Crippen molar-refractivity contribution in [1.29, 1.82) is 0 Å². The Balaban J connectivity index is 4.25. The van der Waals surface area contributed by atoms with E-state index in [1.165, 1.54) is 193 Å². The number of allylic oxidation sites excluding steroid dienone is 14. The van der Waals surface area contributed by atoms with Crippen molar-refractivity contribution in [2.75, 3.05) is 13.2 Å². The Morgan fingerprint density at radius 2 is 0.494 bits per heavy atom. The monoisotopic (exact) mass is 1100 g/mol. The molecule has 0 aromatic rings. The third-order valence-corrected chi connectivity index (χ3v) is 14.9. The molecule has 0 amide bonds. The second-order valence-corrected chi connectivity index (χ2v) is 22.7. The Bertz CT molecular complexity index is 1500. The van der Waals surface area contributed by atoms with Gasteiger partial charge in [-0.1, -0.05) is 292 Å². The molecule has 1 atom stereocenters. The van der Waals surface area contributed by atoms with Gasteiger partial charge in [0.25, 0.3) is 0 Å². The molecule has 0 radical (unpaired) electrons. The van der Waals surface area contributed by atoms with Gasteiger partial charge in [-0.2, -0.15) is 0 Å². The van der Waals surface area contributed by atoms with Gasteiger partial charge < -0.3 is 14.2 Å². The molecule has 0 spiro atoms. The number of carbonyl (C=O) groups is 3. The van der Waals surface area contributed by atoms with E-state index >= 15 is 0 Å². The predicted molar refractivity (Wildman–Crippen MR) is 344 cm³/mol. The molecule has 0 saturated heterocycles. The molecule has 6 nitrogen and oxygen atoms in total. The fraction of sp³-hybridized carbons (Fsp3) is 0.767. The normalized spacial score (nSPS) is 12.6. The Hall–Kier alpha value is -3.41. The summed E-state index contributed by atoms with van der Waals surface area (Å²) in [5.41, 5.74) is 0. The van der Waals surface area contributed by atoms with Crippen LogP contribution in [0.25, 0.3) is 0 Å². The first-order valence-corrected chi connectivity index (χ1v) is 34.1. The van der Waals surface area contributed by atoms with Crippen molar-refractivity contribution in [3.8, 4) is 0 Å². The SMILES string of the molecule is CC/C=C\C/C=C\C/C=C\CCCCCC(=O)OCC(COC(=O)CCCCCCCCCCCCCCCCCCC/C=C\CCCCCCCCCC)OC(=O)CCCCCCCC/C=C\C/C=C\C/C=C\CCCCC. The summed E-state index contributed by atoms with van der Waals surface area (Å²) in [4.78, 5) is 38.3. The van der Waals surface area contributed by atoms with Crippen LogP contribution in [-0.4, -0.2) is 37.2 Å². The highest BCUT2D eigenvalue weighted by Gasteiger charge is 2.19. The largest absolute Gasteiger partial charge is 0.462 e. The maximum Gasteiger partial charge on any atom is 0.306 e. The number of hydrogen-bond donors (Lipinski definition) is 0. The standard InChI is InChI=1S/C73H128O6/c1-4-7-10-13-16-19-22-25-27-29-31-32-33-34-35-36-37-38-39-40-42-43-45-48-51-54-57-60-63-66-72(75)78-69-70(68-77-71(74)65-62-59-56-53-50-47-24-21-18-15-12-9-6-3)79-73(76)67-64-61-58-55-52-49-46-44-41-30-28-26-23-20-17-14-11-8-5-2/h9,12,17-18,20-21,26,28-29,31,41,44,47,50,70H,4-8,10-11,13-16,19,22-25,27,30,32-40,42-43,45-46,48-49,51-69H2,1-3H3/b12-9-,20-17-,21-18-,28-26-,31-29-,44-41-,50-47-. The summed E-state index contributed by atoms with van der Waals surface area (Å²) in [5, 5.41) is 0. The van der Waals surface area contributed by atoms with Crippen molar-refractivity contribution in [3.63, 3.8) is 0 Å². The van der Waals surface area contributed by atoms with Crippen LogP contribution in [0.2, 0.25) is 0 Å². The minimum Gasteiger partial charge on any atom is -0.462 e. The third-order valence-electron chi connectivity index (χ3n) is 14.9. The van der Waals surface area contributed by atoms with Crippen LogP contribution in [0.5, 0.6) is 0 Å². The van der Waals surface area contributed by atoms with E-state index < -0.39 is 6.10 Å². The first-order chi connectivity index (χ1) is 39.0. The first-order valence-electron chi connectivity index (χ1n) is 34.1. The van der Waals surface area contributed by atoms with Gasteiger partial charge in [-0.15, -0.1) is 0 Å². The first kappa shape index (κ1) is 75.6.